The van der Waals surface area contributed by atoms with Gasteiger partial charge in [0.15, 0.2) is 11.5 Å². The van der Waals surface area contributed by atoms with E-state index in [0.717, 1.165) is 20.7 Å². The summed E-state index contributed by atoms with van der Waals surface area (Å²) in [7, 11) is 0. The molecule has 4 amide bonds. The Kier molecular flexibility index (Phi) is 9.04. The highest BCUT2D eigenvalue weighted by atomic mass is 79.9. The molecule has 5 aromatic carbocycles. The molecular formula is C37H28BrN3O7. The largest absolute Gasteiger partial charge is 0.490 e. The van der Waals surface area contributed by atoms with Crippen LogP contribution in [0.3, 0.4) is 0 Å². The monoisotopic (exact) mass is 705 g/mol. The number of ether oxygens (including phenoxy) is 2. The fourth-order valence-corrected chi connectivity index (χ4v) is 5.95. The van der Waals surface area contributed by atoms with Crippen LogP contribution in [0.25, 0.3) is 16.8 Å². The molecule has 0 saturated carbocycles. The smallest absolute Gasteiger partial charge is 0.343 e. The quantitative estimate of drug-likeness (QED) is 0.0654. The van der Waals surface area contributed by atoms with Gasteiger partial charge in [-0.25, -0.2) is 14.6 Å². The van der Waals surface area contributed by atoms with E-state index in [4.69, 9.17) is 9.47 Å². The molecule has 0 aromatic heterocycles. The highest BCUT2D eigenvalue weighted by Gasteiger charge is 2.44. The van der Waals surface area contributed by atoms with Crippen molar-refractivity contribution in [1.82, 2.24) is 0 Å². The third kappa shape index (κ3) is 6.27. The van der Waals surface area contributed by atoms with Crippen molar-refractivity contribution < 1.29 is 28.8 Å². The van der Waals surface area contributed by atoms with Gasteiger partial charge in [0.05, 0.1) is 27.4 Å². The number of carbonyl (C=O) groups excluding carboxylic acids is 3. The van der Waals surface area contributed by atoms with E-state index in [1.165, 1.54) is 18.2 Å². The summed E-state index contributed by atoms with van der Waals surface area (Å²) in [6.45, 7) is 4.10. The van der Waals surface area contributed by atoms with Gasteiger partial charge in [0.1, 0.15) is 12.2 Å². The van der Waals surface area contributed by atoms with Gasteiger partial charge >= 0.3 is 6.03 Å². The number of anilines is 2. The Hall–Kier alpha value is -5.81. The maximum atomic E-state index is 14.2. The maximum Gasteiger partial charge on any atom is 0.343 e. The van der Waals surface area contributed by atoms with E-state index in [1.54, 1.807) is 67.6 Å². The minimum atomic E-state index is -0.784. The summed E-state index contributed by atoms with van der Waals surface area (Å²) in [5.74, 6) is -0.823. The summed E-state index contributed by atoms with van der Waals surface area (Å²) in [6, 6.07) is 28.2. The van der Waals surface area contributed by atoms with Crippen LogP contribution in [-0.2, 0) is 16.2 Å². The van der Waals surface area contributed by atoms with Crippen molar-refractivity contribution in [3.63, 3.8) is 0 Å². The molecule has 0 atom stereocenters. The molecule has 48 heavy (non-hydrogen) atoms. The zero-order valence-electron chi connectivity index (χ0n) is 25.9. The molecule has 10 nitrogen and oxygen atoms in total. The first kappa shape index (κ1) is 32.1. The first-order valence-corrected chi connectivity index (χ1v) is 15.8. The maximum absolute atomic E-state index is 14.2. The van der Waals surface area contributed by atoms with Crippen LogP contribution in [0.4, 0.5) is 21.9 Å². The van der Waals surface area contributed by atoms with E-state index in [1.807, 2.05) is 37.3 Å². The summed E-state index contributed by atoms with van der Waals surface area (Å²) in [6.07, 6.45) is 1.43. The molecule has 1 saturated heterocycles. The van der Waals surface area contributed by atoms with E-state index in [0.29, 0.717) is 50.5 Å². The number of carbonyl (C=O) groups is 3. The number of nitro groups is 1. The highest BCUT2D eigenvalue weighted by molar-refractivity contribution is 9.10. The second-order valence-corrected chi connectivity index (χ2v) is 11.8. The third-order valence-corrected chi connectivity index (χ3v) is 8.31. The number of aryl methyl sites for hydroxylation is 1. The minimum Gasteiger partial charge on any atom is -0.490 e. The van der Waals surface area contributed by atoms with Crippen LogP contribution in [0.5, 0.6) is 11.5 Å². The molecule has 1 aliphatic rings. The molecule has 0 unspecified atom stereocenters. The topological polar surface area (TPSA) is 119 Å². The Morgan fingerprint density at radius 2 is 1.52 bits per heavy atom. The van der Waals surface area contributed by atoms with Gasteiger partial charge in [0.25, 0.3) is 17.5 Å². The molecule has 6 rings (SSSR count). The van der Waals surface area contributed by atoms with Crippen LogP contribution in [0.15, 0.2) is 113 Å². The molecule has 0 radical (unpaired) electrons. The number of amides is 4. The lowest BCUT2D eigenvalue weighted by Crippen LogP contribution is -2.57. The molecule has 0 bridgehead atoms. The number of non-ortho nitro benzene ring substituents is 1. The number of hydrogen-bond acceptors (Lipinski definition) is 7. The number of benzene rings is 5. The predicted molar refractivity (Wildman–Crippen MR) is 186 cm³/mol. The number of nitrogens with zero attached hydrogens (tertiary/aromatic N) is 3. The first-order chi connectivity index (χ1) is 23.2. The number of urea groups is 1. The van der Waals surface area contributed by atoms with Crippen LogP contribution < -0.4 is 19.3 Å². The Morgan fingerprint density at radius 1 is 0.833 bits per heavy atom. The van der Waals surface area contributed by atoms with Crippen LogP contribution >= 0.6 is 15.9 Å². The zero-order chi connectivity index (χ0) is 33.9. The van der Waals surface area contributed by atoms with Crippen molar-refractivity contribution in [3.05, 3.63) is 140 Å². The average Bonchev–Trinajstić information content (AvgIpc) is 3.07. The van der Waals surface area contributed by atoms with E-state index < -0.39 is 22.8 Å². The first-order valence-electron chi connectivity index (χ1n) is 15.0. The summed E-state index contributed by atoms with van der Waals surface area (Å²) in [5.41, 5.74) is 2.51. The van der Waals surface area contributed by atoms with Crippen LogP contribution in [0.1, 0.15) is 23.6 Å². The SMILES string of the molecule is CCOc1cc(/C=C2\C(=O)N(c3ccc(C)cc3)C(=O)N(c3cccc4ccccc34)C2=O)cc(Br)c1OCc1ccc([N+](=O)[O-])cc1. The van der Waals surface area contributed by atoms with E-state index >= 15 is 0 Å². The Balaban J connectivity index is 1.41. The second kappa shape index (κ2) is 13.5. The van der Waals surface area contributed by atoms with Crippen molar-refractivity contribution in [2.75, 3.05) is 16.4 Å². The fraction of sp³-hybridized carbons (Fsp3) is 0.108. The molecule has 0 aliphatic carbocycles. The molecule has 1 heterocycles. The van der Waals surface area contributed by atoms with E-state index in [9.17, 15) is 24.5 Å². The number of halogens is 1. The van der Waals surface area contributed by atoms with Crippen molar-refractivity contribution >= 4 is 67.7 Å². The molecule has 240 valence electrons. The number of barbiturate groups is 1. The van der Waals surface area contributed by atoms with Crippen LogP contribution in [0.2, 0.25) is 0 Å². The lowest BCUT2D eigenvalue weighted by molar-refractivity contribution is -0.384. The van der Waals surface area contributed by atoms with Gasteiger partial charge in [-0.05, 0) is 94.8 Å². The highest BCUT2D eigenvalue weighted by Crippen LogP contribution is 2.39. The number of fused-ring (bicyclic) bond motifs is 1. The second-order valence-electron chi connectivity index (χ2n) is 10.9. The molecule has 11 heteroatoms. The number of nitro benzene ring substituents is 1. The average molecular weight is 707 g/mol. The van der Waals surface area contributed by atoms with Crippen LogP contribution in [0, 0.1) is 17.0 Å². The minimum absolute atomic E-state index is 0.0270. The summed E-state index contributed by atoms with van der Waals surface area (Å²) in [4.78, 5) is 54.9. The molecule has 0 spiro atoms. The van der Waals surface area contributed by atoms with E-state index in [-0.39, 0.29) is 17.9 Å². The van der Waals surface area contributed by atoms with Gasteiger partial charge in [-0.1, -0.05) is 54.1 Å². The standard InChI is InChI=1S/C37H28BrN3O7/c1-3-47-33-21-25(20-31(38)34(33)48-22-24-13-17-28(18-14-24)41(45)46)19-30-35(42)39(27-15-11-23(2)12-16-27)37(44)40(36(30)43)32-10-6-8-26-7-4-5-9-29(26)32/h4-21H,3,22H2,1-2H3/b30-19+. The van der Waals surface area contributed by atoms with Crippen molar-refractivity contribution in [1.29, 1.82) is 0 Å². The fourth-order valence-electron chi connectivity index (χ4n) is 5.38. The van der Waals surface area contributed by atoms with Gasteiger partial charge in [-0.2, -0.15) is 0 Å². The van der Waals surface area contributed by atoms with Gasteiger partial charge < -0.3 is 9.47 Å². The zero-order valence-corrected chi connectivity index (χ0v) is 27.5. The predicted octanol–water partition coefficient (Wildman–Crippen LogP) is 8.38. The summed E-state index contributed by atoms with van der Waals surface area (Å²) < 4.78 is 12.4. The molecular weight excluding hydrogens is 678 g/mol. The van der Waals surface area contributed by atoms with Gasteiger partial charge in [-0.15, -0.1) is 0 Å². The lowest BCUT2D eigenvalue weighted by atomic mass is 10.0. The molecule has 5 aromatic rings. The lowest BCUT2D eigenvalue weighted by Gasteiger charge is -2.34. The van der Waals surface area contributed by atoms with Crippen molar-refractivity contribution in [2.45, 2.75) is 20.5 Å². The van der Waals surface area contributed by atoms with Crippen molar-refractivity contribution in [2.24, 2.45) is 0 Å². The summed E-state index contributed by atoms with van der Waals surface area (Å²) >= 11 is 3.54. The number of rotatable bonds is 9. The van der Waals surface area contributed by atoms with Gasteiger partial charge in [0.2, 0.25) is 0 Å². The Bertz CT molecular complexity index is 2110. The van der Waals surface area contributed by atoms with Crippen molar-refractivity contribution in [3.8, 4) is 11.5 Å². The summed E-state index contributed by atoms with van der Waals surface area (Å²) in [5, 5.41) is 12.5. The number of imide groups is 2. The third-order valence-electron chi connectivity index (χ3n) is 7.72. The Morgan fingerprint density at radius 3 is 2.23 bits per heavy atom. The Labute approximate surface area is 284 Å². The molecule has 1 aliphatic heterocycles. The van der Waals surface area contributed by atoms with E-state index in [2.05, 4.69) is 15.9 Å². The van der Waals surface area contributed by atoms with Gasteiger partial charge in [0, 0.05) is 17.5 Å². The normalized spacial score (nSPS) is 14.1. The molecule has 1 fully saturated rings. The number of hydrogen-bond donors (Lipinski definition) is 0. The van der Waals surface area contributed by atoms with Gasteiger partial charge in [-0.3, -0.25) is 19.7 Å². The van der Waals surface area contributed by atoms with Crippen LogP contribution in [-0.4, -0.2) is 29.4 Å². The molecule has 0 N–H and O–H groups in total.